The Kier molecular flexibility index (Phi) is 6.82. The van der Waals surface area contributed by atoms with E-state index < -0.39 is 0 Å². The van der Waals surface area contributed by atoms with Crippen molar-refractivity contribution in [3.63, 3.8) is 0 Å². The third kappa shape index (κ3) is 4.88. The van der Waals surface area contributed by atoms with Crippen LogP contribution in [0.4, 0.5) is 5.69 Å². The van der Waals surface area contributed by atoms with Gasteiger partial charge in [-0.1, -0.05) is 30.3 Å². The number of aryl methyl sites for hydroxylation is 1. The van der Waals surface area contributed by atoms with Gasteiger partial charge >= 0.3 is 0 Å². The highest BCUT2D eigenvalue weighted by atomic mass is 16.5. The van der Waals surface area contributed by atoms with Crippen molar-refractivity contribution in [2.45, 2.75) is 13.5 Å². The molecule has 0 aliphatic carbocycles. The second kappa shape index (κ2) is 10.1. The van der Waals surface area contributed by atoms with Crippen molar-refractivity contribution in [2.75, 3.05) is 26.6 Å². The van der Waals surface area contributed by atoms with Crippen LogP contribution in [0.5, 0.6) is 17.2 Å². The number of aromatic nitrogens is 2. The van der Waals surface area contributed by atoms with Crippen LogP contribution in [0.3, 0.4) is 0 Å². The number of carbonyl (C=O) groups excluding carboxylic acids is 1. The molecule has 1 N–H and O–H groups in total. The van der Waals surface area contributed by atoms with Crippen molar-refractivity contribution >= 4 is 11.6 Å². The van der Waals surface area contributed by atoms with Crippen LogP contribution in [0.1, 0.15) is 21.5 Å². The summed E-state index contributed by atoms with van der Waals surface area (Å²) < 4.78 is 17.8. The zero-order valence-electron chi connectivity index (χ0n) is 19.7. The molecule has 0 spiro atoms. The van der Waals surface area contributed by atoms with E-state index in [1.54, 1.807) is 38.3 Å². The molecule has 0 radical (unpaired) electrons. The number of anilines is 1. The van der Waals surface area contributed by atoms with Gasteiger partial charge in [0.25, 0.3) is 5.91 Å². The quantitative estimate of drug-likeness (QED) is 0.394. The van der Waals surface area contributed by atoms with E-state index in [0.29, 0.717) is 35.0 Å². The van der Waals surface area contributed by atoms with Crippen molar-refractivity contribution in [3.8, 4) is 28.5 Å². The van der Waals surface area contributed by atoms with Crippen LogP contribution in [0.2, 0.25) is 0 Å². The number of methoxy groups -OCH3 is 3. The van der Waals surface area contributed by atoms with Crippen molar-refractivity contribution in [1.29, 1.82) is 0 Å². The van der Waals surface area contributed by atoms with Crippen molar-refractivity contribution in [3.05, 3.63) is 89.6 Å². The molecule has 7 heteroatoms. The summed E-state index contributed by atoms with van der Waals surface area (Å²) in [4.78, 5) is 13.4. The van der Waals surface area contributed by atoms with Gasteiger partial charge < -0.3 is 19.5 Å². The highest BCUT2D eigenvalue weighted by Gasteiger charge is 2.20. The van der Waals surface area contributed by atoms with E-state index in [1.165, 1.54) is 0 Å². The Labute approximate surface area is 198 Å². The zero-order valence-corrected chi connectivity index (χ0v) is 19.7. The molecule has 4 aromatic rings. The monoisotopic (exact) mass is 457 g/mol. The molecule has 3 aromatic carbocycles. The molecule has 0 atom stereocenters. The Morgan fingerprint density at radius 1 is 0.912 bits per heavy atom. The number of ether oxygens (including phenoxy) is 3. The minimum absolute atomic E-state index is 0.263. The summed E-state index contributed by atoms with van der Waals surface area (Å²) in [6.45, 7) is 2.45. The third-order valence-electron chi connectivity index (χ3n) is 5.54. The number of hydrogen-bond donors (Lipinski definition) is 1. The van der Waals surface area contributed by atoms with Crippen molar-refractivity contribution < 1.29 is 19.0 Å². The van der Waals surface area contributed by atoms with Crippen LogP contribution in [-0.2, 0) is 6.54 Å². The summed E-state index contributed by atoms with van der Waals surface area (Å²) in [6, 6.07) is 21.1. The highest BCUT2D eigenvalue weighted by Crippen LogP contribution is 2.33. The Morgan fingerprint density at radius 3 is 2.24 bits per heavy atom. The fraction of sp³-hybridized carbons (Fsp3) is 0.185. The van der Waals surface area contributed by atoms with Gasteiger partial charge in [0.15, 0.2) is 11.5 Å². The second-order valence-corrected chi connectivity index (χ2v) is 7.78. The number of hydrogen-bond acceptors (Lipinski definition) is 5. The largest absolute Gasteiger partial charge is 0.497 e. The first kappa shape index (κ1) is 22.9. The molecular formula is C27H27N3O4. The molecule has 34 heavy (non-hydrogen) atoms. The molecule has 0 unspecified atom stereocenters. The first-order chi connectivity index (χ1) is 16.5. The van der Waals surface area contributed by atoms with E-state index in [1.807, 2.05) is 67.6 Å². The maximum Gasteiger partial charge on any atom is 0.259 e. The summed E-state index contributed by atoms with van der Waals surface area (Å²) >= 11 is 0. The maximum absolute atomic E-state index is 13.4. The van der Waals surface area contributed by atoms with Crippen LogP contribution >= 0.6 is 0 Å². The fourth-order valence-corrected chi connectivity index (χ4v) is 3.71. The Balaban J connectivity index is 1.70. The number of nitrogens with one attached hydrogen (secondary N) is 1. The molecule has 0 aliphatic rings. The Morgan fingerprint density at radius 2 is 1.59 bits per heavy atom. The van der Waals surface area contributed by atoms with Gasteiger partial charge in [-0.3, -0.25) is 9.48 Å². The average molecular weight is 458 g/mol. The van der Waals surface area contributed by atoms with E-state index in [2.05, 4.69) is 5.32 Å². The molecule has 1 heterocycles. The molecule has 1 aromatic heterocycles. The van der Waals surface area contributed by atoms with Gasteiger partial charge in [-0.2, -0.15) is 5.10 Å². The van der Waals surface area contributed by atoms with Crippen LogP contribution in [0.15, 0.2) is 72.9 Å². The van der Waals surface area contributed by atoms with Crippen molar-refractivity contribution in [2.24, 2.45) is 0 Å². The van der Waals surface area contributed by atoms with Crippen LogP contribution in [0.25, 0.3) is 11.3 Å². The summed E-state index contributed by atoms with van der Waals surface area (Å²) in [5.74, 6) is 1.62. The standard InChI is InChI=1S/C27H27N3O4/c1-18-14-24(33-3)25(34-4)15-23(18)28-27(31)22-17-30(16-19-8-6-5-7-9-19)29-26(22)20-10-12-21(32-2)13-11-20/h5-15,17H,16H2,1-4H3,(H,28,31). The van der Waals surface area contributed by atoms with Gasteiger partial charge in [0, 0.05) is 23.5 Å². The van der Waals surface area contributed by atoms with E-state index in [-0.39, 0.29) is 5.91 Å². The van der Waals surface area contributed by atoms with E-state index in [4.69, 9.17) is 19.3 Å². The summed E-state index contributed by atoms with van der Waals surface area (Å²) in [6.07, 6.45) is 1.78. The Bertz CT molecular complexity index is 1280. The van der Waals surface area contributed by atoms with Crippen LogP contribution in [-0.4, -0.2) is 37.0 Å². The van der Waals surface area contributed by atoms with Gasteiger partial charge in [-0.15, -0.1) is 0 Å². The first-order valence-electron chi connectivity index (χ1n) is 10.8. The number of carbonyl (C=O) groups is 1. The molecule has 0 bridgehead atoms. The normalized spacial score (nSPS) is 10.6. The molecular weight excluding hydrogens is 430 g/mol. The van der Waals surface area contributed by atoms with E-state index >= 15 is 0 Å². The summed E-state index contributed by atoms with van der Waals surface area (Å²) in [5.41, 5.74) is 4.47. The van der Waals surface area contributed by atoms with E-state index in [0.717, 1.165) is 22.4 Å². The van der Waals surface area contributed by atoms with Gasteiger partial charge in [-0.05, 0) is 48.4 Å². The second-order valence-electron chi connectivity index (χ2n) is 7.78. The van der Waals surface area contributed by atoms with Gasteiger partial charge in [-0.25, -0.2) is 0 Å². The van der Waals surface area contributed by atoms with Gasteiger partial charge in [0.05, 0.1) is 33.4 Å². The molecule has 0 aliphatic heterocycles. The first-order valence-corrected chi connectivity index (χ1v) is 10.8. The predicted molar refractivity (Wildman–Crippen MR) is 132 cm³/mol. The van der Waals surface area contributed by atoms with Crippen LogP contribution < -0.4 is 19.5 Å². The molecule has 174 valence electrons. The number of nitrogens with zero attached hydrogens (tertiary/aromatic N) is 2. The molecule has 7 nitrogen and oxygen atoms in total. The minimum atomic E-state index is -0.263. The maximum atomic E-state index is 13.4. The third-order valence-corrected chi connectivity index (χ3v) is 5.54. The molecule has 0 saturated heterocycles. The lowest BCUT2D eigenvalue weighted by Crippen LogP contribution is -2.13. The Hall–Kier alpha value is -4.26. The van der Waals surface area contributed by atoms with Gasteiger partial charge in [0.2, 0.25) is 0 Å². The number of benzene rings is 3. The summed E-state index contributed by atoms with van der Waals surface area (Å²) in [7, 11) is 4.76. The molecule has 0 saturated carbocycles. The smallest absolute Gasteiger partial charge is 0.259 e. The fourth-order valence-electron chi connectivity index (χ4n) is 3.71. The van der Waals surface area contributed by atoms with Crippen molar-refractivity contribution in [1.82, 2.24) is 9.78 Å². The van der Waals surface area contributed by atoms with Crippen LogP contribution in [0, 0.1) is 6.92 Å². The lowest BCUT2D eigenvalue weighted by Gasteiger charge is -2.13. The molecule has 1 amide bonds. The highest BCUT2D eigenvalue weighted by molar-refractivity contribution is 6.08. The average Bonchev–Trinajstić information content (AvgIpc) is 3.29. The molecule has 0 fully saturated rings. The topological polar surface area (TPSA) is 74.6 Å². The minimum Gasteiger partial charge on any atom is -0.497 e. The zero-order chi connectivity index (χ0) is 24.1. The SMILES string of the molecule is COc1ccc(-c2nn(Cc3ccccc3)cc2C(=O)Nc2cc(OC)c(OC)cc2C)cc1. The number of rotatable bonds is 8. The lowest BCUT2D eigenvalue weighted by atomic mass is 10.1. The molecule has 4 rings (SSSR count). The summed E-state index contributed by atoms with van der Waals surface area (Å²) in [5, 5.41) is 7.76. The lowest BCUT2D eigenvalue weighted by molar-refractivity contribution is 0.102. The predicted octanol–water partition coefficient (Wildman–Crippen LogP) is 5.18. The van der Waals surface area contributed by atoms with E-state index in [9.17, 15) is 4.79 Å². The number of amides is 1. The van der Waals surface area contributed by atoms with Gasteiger partial charge in [0.1, 0.15) is 11.4 Å².